The quantitative estimate of drug-likeness (QED) is 0.520. The minimum absolute atomic E-state index is 0.0785. The maximum Gasteiger partial charge on any atom is 0.248 e. The number of pyridine rings is 1. The fourth-order valence-corrected chi connectivity index (χ4v) is 4.18. The first-order valence-electron chi connectivity index (χ1n) is 11.5. The molecule has 1 aliphatic rings. The van der Waals surface area contributed by atoms with Crippen molar-refractivity contribution in [2.75, 3.05) is 44.2 Å². The highest BCUT2D eigenvalue weighted by Gasteiger charge is 2.16. The monoisotopic (exact) mass is 419 g/mol. The van der Waals surface area contributed by atoms with Crippen LogP contribution in [0.15, 0.2) is 59.4 Å². The maximum atomic E-state index is 11.4. The summed E-state index contributed by atoms with van der Waals surface area (Å²) in [5.74, 6) is 0.853. The van der Waals surface area contributed by atoms with Crippen LogP contribution in [-0.4, -0.2) is 49.2 Å². The van der Waals surface area contributed by atoms with Crippen LogP contribution in [0.5, 0.6) is 5.75 Å². The highest BCUT2D eigenvalue weighted by atomic mass is 16.5. The fourth-order valence-electron chi connectivity index (χ4n) is 4.18. The van der Waals surface area contributed by atoms with Crippen LogP contribution in [0.1, 0.15) is 31.7 Å². The zero-order chi connectivity index (χ0) is 21.5. The molecule has 0 spiro atoms. The summed E-state index contributed by atoms with van der Waals surface area (Å²) in [5, 5.41) is 0.992. The topological polar surface area (TPSA) is 48.6 Å². The lowest BCUT2D eigenvalue weighted by Crippen LogP contribution is -2.46. The average Bonchev–Trinajstić information content (AvgIpc) is 2.81. The van der Waals surface area contributed by atoms with Crippen LogP contribution < -0.4 is 15.2 Å². The molecule has 0 atom stereocenters. The second-order valence-corrected chi connectivity index (χ2v) is 8.37. The number of aryl methyl sites for hydroxylation is 1. The summed E-state index contributed by atoms with van der Waals surface area (Å²) >= 11 is 0. The number of ether oxygens (including phenoxy) is 1. The lowest BCUT2D eigenvalue weighted by molar-refractivity contribution is 0.225. The summed E-state index contributed by atoms with van der Waals surface area (Å²) < 4.78 is 5.94. The van der Waals surface area contributed by atoms with E-state index in [1.54, 1.807) is 6.07 Å². The van der Waals surface area contributed by atoms with E-state index in [0.717, 1.165) is 55.8 Å². The molecule has 4 rings (SSSR count). The normalized spacial score (nSPS) is 14.8. The van der Waals surface area contributed by atoms with E-state index in [0.29, 0.717) is 6.61 Å². The molecule has 2 heterocycles. The number of hydrogen-bond donors (Lipinski definition) is 1. The molecular formula is C26H33N3O2. The molecule has 1 aliphatic heterocycles. The summed E-state index contributed by atoms with van der Waals surface area (Å²) in [4.78, 5) is 19.2. The van der Waals surface area contributed by atoms with Crippen molar-refractivity contribution in [2.45, 2.75) is 32.6 Å². The molecule has 0 bridgehead atoms. The Kier molecular flexibility index (Phi) is 7.26. The number of unbranched alkanes of at least 4 members (excludes halogenated alkanes) is 1. The van der Waals surface area contributed by atoms with Crippen molar-refractivity contribution >= 4 is 16.6 Å². The average molecular weight is 420 g/mol. The highest BCUT2D eigenvalue weighted by molar-refractivity contribution is 5.79. The van der Waals surface area contributed by atoms with Crippen LogP contribution in [0.25, 0.3) is 10.9 Å². The van der Waals surface area contributed by atoms with Gasteiger partial charge < -0.3 is 14.6 Å². The van der Waals surface area contributed by atoms with E-state index in [9.17, 15) is 4.79 Å². The van der Waals surface area contributed by atoms with Crippen molar-refractivity contribution in [2.24, 2.45) is 0 Å². The van der Waals surface area contributed by atoms with Gasteiger partial charge in [-0.1, -0.05) is 25.5 Å². The molecule has 0 radical (unpaired) electrons. The molecule has 1 fully saturated rings. The number of fused-ring (bicyclic) bond motifs is 1. The molecule has 0 amide bonds. The number of H-pyrrole nitrogens is 1. The van der Waals surface area contributed by atoms with Gasteiger partial charge >= 0.3 is 0 Å². The van der Waals surface area contributed by atoms with Crippen LogP contribution in [0, 0.1) is 0 Å². The van der Waals surface area contributed by atoms with Crippen molar-refractivity contribution in [1.82, 2.24) is 9.88 Å². The number of nitrogens with one attached hydrogen (secondary N) is 1. The third-order valence-electron chi connectivity index (χ3n) is 6.08. The van der Waals surface area contributed by atoms with Gasteiger partial charge in [-0.3, -0.25) is 9.69 Å². The zero-order valence-electron chi connectivity index (χ0n) is 18.5. The molecule has 1 saturated heterocycles. The van der Waals surface area contributed by atoms with Gasteiger partial charge in [0.15, 0.2) is 0 Å². The Morgan fingerprint density at radius 3 is 2.52 bits per heavy atom. The minimum Gasteiger partial charge on any atom is -0.494 e. The molecule has 1 aromatic heterocycles. The third-order valence-corrected chi connectivity index (χ3v) is 6.08. The Labute approximate surface area is 184 Å². The van der Waals surface area contributed by atoms with Gasteiger partial charge in [0.25, 0.3) is 0 Å². The highest BCUT2D eigenvalue weighted by Crippen LogP contribution is 2.20. The van der Waals surface area contributed by atoms with Gasteiger partial charge in [0, 0.05) is 55.4 Å². The van der Waals surface area contributed by atoms with E-state index in [2.05, 4.69) is 46.0 Å². The predicted octanol–water partition coefficient (Wildman–Crippen LogP) is 4.46. The summed E-state index contributed by atoms with van der Waals surface area (Å²) in [6.07, 6.45) is 4.71. The van der Waals surface area contributed by atoms with E-state index >= 15 is 0 Å². The Bertz CT molecular complexity index is 1020. The van der Waals surface area contributed by atoms with Gasteiger partial charge in [-0.15, -0.1) is 0 Å². The Hall–Kier alpha value is -2.79. The zero-order valence-corrected chi connectivity index (χ0v) is 18.5. The summed E-state index contributed by atoms with van der Waals surface area (Å²) in [6.45, 7) is 8.37. The minimum atomic E-state index is -0.0785. The second kappa shape index (κ2) is 10.5. The number of nitrogens with zero attached hydrogens (tertiary/aromatic N) is 2. The van der Waals surface area contributed by atoms with Gasteiger partial charge in [0.1, 0.15) is 5.75 Å². The van der Waals surface area contributed by atoms with E-state index in [4.69, 9.17) is 4.74 Å². The smallest absolute Gasteiger partial charge is 0.248 e. The molecule has 5 heteroatoms. The van der Waals surface area contributed by atoms with Gasteiger partial charge in [0.05, 0.1) is 6.61 Å². The van der Waals surface area contributed by atoms with Crippen molar-refractivity contribution in [3.8, 4) is 5.75 Å². The Morgan fingerprint density at radius 1 is 0.935 bits per heavy atom. The summed E-state index contributed by atoms with van der Waals surface area (Å²) in [5.41, 5.74) is 3.56. The number of hydrogen-bond acceptors (Lipinski definition) is 4. The second-order valence-electron chi connectivity index (χ2n) is 8.37. The molecule has 1 N–H and O–H groups in total. The largest absolute Gasteiger partial charge is 0.494 e. The van der Waals surface area contributed by atoms with Crippen molar-refractivity contribution < 1.29 is 4.74 Å². The molecule has 164 valence electrons. The number of aromatic amines is 1. The van der Waals surface area contributed by atoms with Crippen LogP contribution in [0.3, 0.4) is 0 Å². The number of piperazine rings is 1. The molecule has 0 aliphatic carbocycles. The van der Waals surface area contributed by atoms with Crippen molar-refractivity contribution in [3.63, 3.8) is 0 Å². The lowest BCUT2D eigenvalue weighted by atomic mass is 10.1. The van der Waals surface area contributed by atoms with E-state index in [-0.39, 0.29) is 5.56 Å². The molecule has 31 heavy (non-hydrogen) atoms. The molecule has 5 nitrogen and oxygen atoms in total. The maximum absolute atomic E-state index is 11.4. The Morgan fingerprint density at radius 2 is 1.74 bits per heavy atom. The van der Waals surface area contributed by atoms with Gasteiger partial charge in [-0.2, -0.15) is 0 Å². The molecule has 3 aromatic rings. The number of rotatable bonds is 9. The van der Waals surface area contributed by atoms with E-state index < -0.39 is 0 Å². The van der Waals surface area contributed by atoms with E-state index in [1.807, 2.05) is 24.3 Å². The van der Waals surface area contributed by atoms with Crippen LogP contribution in [0.4, 0.5) is 5.69 Å². The van der Waals surface area contributed by atoms with Gasteiger partial charge in [-0.05, 0) is 61.2 Å². The van der Waals surface area contributed by atoms with Crippen LogP contribution in [0.2, 0.25) is 0 Å². The van der Waals surface area contributed by atoms with Gasteiger partial charge in [0.2, 0.25) is 5.56 Å². The summed E-state index contributed by atoms with van der Waals surface area (Å²) in [7, 11) is 0. The molecule has 0 unspecified atom stereocenters. The first-order valence-corrected chi connectivity index (χ1v) is 11.5. The SMILES string of the molecule is CCCCc1ccc(N2CCN(CCCOc3ccc4[nH]c(=O)ccc4c3)CC2)cc1. The van der Waals surface area contributed by atoms with Gasteiger partial charge in [-0.25, -0.2) is 0 Å². The number of benzene rings is 2. The van der Waals surface area contributed by atoms with Crippen LogP contribution >= 0.6 is 0 Å². The van der Waals surface area contributed by atoms with Crippen LogP contribution in [-0.2, 0) is 6.42 Å². The van der Waals surface area contributed by atoms with E-state index in [1.165, 1.54) is 30.5 Å². The van der Waals surface area contributed by atoms with Crippen molar-refractivity contribution in [1.29, 1.82) is 0 Å². The summed E-state index contributed by atoms with van der Waals surface area (Å²) in [6, 6.07) is 18.3. The molecular weight excluding hydrogens is 386 g/mol. The standard InChI is InChI=1S/C26H33N3O2/c1-2-3-5-21-6-9-23(10-7-21)29-17-15-28(16-18-29)14-4-19-31-24-11-12-25-22(20-24)8-13-26(30)27-25/h6-13,20H,2-5,14-19H2,1H3,(H,27,30). The first kappa shape index (κ1) is 21.4. The predicted molar refractivity (Wildman–Crippen MR) is 128 cm³/mol. The molecule has 0 saturated carbocycles. The lowest BCUT2D eigenvalue weighted by Gasteiger charge is -2.36. The first-order chi connectivity index (χ1) is 15.2. The number of aromatic nitrogens is 1. The number of anilines is 1. The fraction of sp³-hybridized carbons (Fsp3) is 0.423. The third kappa shape index (κ3) is 5.88. The molecule has 2 aromatic carbocycles. The van der Waals surface area contributed by atoms with Crippen molar-refractivity contribution in [3.05, 3.63) is 70.5 Å². The Balaban J connectivity index is 1.17.